The van der Waals surface area contributed by atoms with Gasteiger partial charge in [-0.25, -0.2) is 20.2 Å². The predicted molar refractivity (Wildman–Crippen MR) is 112 cm³/mol. The molecule has 0 fully saturated rings. The van der Waals surface area contributed by atoms with E-state index in [4.69, 9.17) is 11.6 Å². The van der Waals surface area contributed by atoms with Crippen molar-refractivity contribution in [3.63, 3.8) is 0 Å². The Morgan fingerprint density at radius 1 is 1.07 bits per heavy atom. The second-order valence-electron chi connectivity index (χ2n) is 6.95. The number of rotatable bonds is 2. The monoisotopic (exact) mass is 394 g/mol. The van der Waals surface area contributed by atoms with Crippen LogP contribution >= 0.6 is 11.6 Å². The lowest BCUT2D eigenvalue weighted by molar-refractivity contribution is -0.520. The van der Waals surface area contributed by atoms with Gasteiger partial charge in [-0.15, -0.1) is 0 Å². The van der Waals surface area contributed by atoms with Gasteiger partial charge in [0.15, 0.2) is 6.17 Å². The van der Waals surface area contributed by atoms with Gasteiger partial charge in [0.1, 0.15) is 0 Å². The van der Waals surface area contributed by atoms with Gasteiger partial charge in [-0.3, -0.25) is 9.79 Å². The largest absolute Gasteiger partial charge is 0.357 e. The Labute approximate surface area is 167 Å². The van der Waals surface area contributed by atoms with E-state index in [1.807, 2.05) is 30.3 Å². The van der Waals surface area contributed by atoms with Crippen molar-refractivity contribution in [1.29, 1.82) is 0 Å². The molecule has 1 aliphatic heterocycles. The maximum absolute atomic E-state index is 12.7. The van der Waals surface area contributed by atoms with Crippen LogP contribution < -0.4 is 21.2 Å². The van der Waals surface area contributed by atoms with Crippen LogP contribution in [0.25, 0.3) is 0 Å². The summed E-state index contributed by atoms with van der Waals surface area (Å²) in [5, 5.41) is 7.19. The fraction of sp³-hybridized carbons (Fsp3) is 0.190. The second-order valence-corrected chi connectivity index (χ2v) is 7.39. The fourth-order valence-corrected chi connectivity index (χ4v) is 3.33. The summed E-state index contributed by atoms with van der Waals surface area (Å²) in [5.41, 5.74) is 4.80. The molecule has 3 N–H and O–H groups in total. The summed E-state index contributed by atoms with van der Waals surface area (Å²) in [6.07, 6.45) is -0.414. The number of fused-ring (bicyclic) bond motifs is 1. The standard InChI is InChI=1S/C21H20ClN5O/c1-12-4-9-17(10-13(12)2)24-20-25-19(15-5-7-16(22)8-6-15)27-18(28)11-14(3)23-21(27)26-20/h4-11,19H,1-3H3,(H2,23,24,25,26)/p+1. The Kier molecular flexibility index (Phi) is 4.65. The van der Waals surface area contributed by atoms with Crippen molar-refractivity contribution in [2.45, 2.75) is 26.9 Å². The molecule has 1 aromatic heterocycles. The van der Waals surface area contributed by atoms with E-state index in [1.54, 1.807) is 11.5 Å². The average molecular weight is 395 g/mol. The Morgan fingerprint density at radius 2 is 1.82 bits per heavy atom. The SMILES string of the molecule is Cc1cc(=O)n2c(n1)NC(Nc1ccc(C)c(C)c1)=[NH+]C2c1ccc(Cl)cc1. The van der Waals surface area contributed by atoms with Gasteiger partial charge in [-0.1, -0.05) is 29.8 Å². The van der Waals surface area contributed by atoms with Crippen molar-refractivity contribution in [1.82, 2.24) is 9.55 Å². The number of aryl methyl sites for hydroxylation is 3. The zero-order valence-electron chi connectivity index (χ0n) is 15.9. The van der Waals surface area contributed by atoms with Gasteiger partial charge < -0.3 is 0 Å². The highest BCUT2D eigenvalue weighted by atomic mass is 35.5. The minimum absolute atomic E-state index is 0.132. The van der Waals surface area contributed by atoms with Gasteiger partial charge in [-0.2, -0.15) is 0 Å². The third kappa shape index (κ3) is 3.51. The Morgan fingerprint density at radius 3 is 2.54 bits per heavy atom. The molecule has 3 aromatic rings. The number of aromatic nitrogens is 2. The summed E-state index contributed by atoms with van der Waals surface area (Å²) in [7, 11) is 0. The molecule has 0 saturated heterocycles. The predicted octanol–water partition coefficient (Wildman–Crippen LogP) is 2.34. The number of hydrogen-bond donors (Lipinski definition) is 3. The van der Waals surface area contributed by atoms with Crippen molar-refractivity contribution in [2.75, 3.05) is 10.6 Å². The van der Waals surface area contributed by atoms with Crippen molar-refractivity contribution in [3.8, 4) is 0 Å². The van der Waals surface area contributed by atoms with Crippen LogP contribution in [-0.2, 0) is 0 Å². The van der Waals surface area contributed by atoms with Crippen LogP contribution in [-0.4, -0.2) is 15.5 Å². The summed E-state index contributed by atoms with van der Waals surface area (Å²) >= 11 is 6.04. The quantitative estimate of drug-likeness (QED) is 0.623. The number of nitrogens with zero attached hydrogens (tertiary/aromatic N) is 2. The minimum Gasteiger partial charge on any atom is -0.269 e. The molecule has 2 aromatic carbocycles. The molecule has 1 atom stereocenters. The van der Waals surface area contributed by atoms with Gasteiger partial charge >= 0.3 is 5.96 Å². The lowest BCUT2D eigenvalue weighted by Crippen LogP contribution is -2.82. The summed E-state index contributed by atoms with van der Waals surface area (Å²) < 4.78 is 1.60. The first kappa shape index (κ1) is 18.3. The summed E-state index contributed by atoms with van der Waals surface area (Å²) in [6, 6.07) is 15.1. The highest BCUT2D eigenvalue weighted by Crippen LogP contribution is 2.19. The molecule has 1 aliphatic rings. The zero-order valence-corrected chi connectivity index (χ0v) is 16.6. The fourth-order valence-electron chi connectivity index (χ4n) is 3.20. The zero-order chi connectivity index (χ0) is 19.8. The molecule has 0 spiro atoms. The van der Waals surface area contributed by atoms with E-state index in [2.05, 4.69) is 46.6 Å². The molecule has 4 rings (SSSR count). The first-order chi connectivity index (χ1) is 13.4. The minimum atomic E-state index is -0.414. The first-order valence-corrected chi connectivity index (χ1v) is 9.39. The van der Waals surface area contributed by atoms with Gasteiger partial charge in [0.2, 0.25) is 0 Å². The number of anilines is 2. The number of guanidine groups is 1. The van der Waals surface area contributed by atoms with Gasteiger partial charge in [0, 0.05) is 22.3 Å². The molecule has 0 bridgehead atoms. The molecule has 2 heterocycles. The third-order valence-corrected chi connectivity index (χ3v) is 5.07. The Hall–Kier alpha value is -3.12. The lowest BCUT2D eigenvalue weighted by Gasteiger charge is -2.23. The van der Waals surface area contributed by atoms with Gasteiger partial charge in [0.05, 0.1) is 5.69 Å². The van der Waals surface area contributed by atoms with Crippen LogP contribution in [0.1, 0.15) is 28.6 Å². The van der Waals surface area contributed by atoms with E-state index < -0.39 is 6.17 Å². The molecular formula is C21H21ClN5O+. The Bertz CT molecular complexity index is 1130. The number of hydrogen-bond acceptors (Lipinski definition) is 4. The molecule has 0 amide bonds. The average Bonchev–Trinajstić information content (AvgIpc) is 2.64. The maximum Gasteiger partial charge on any atom is 0.357 e. The molecular weight excluding hydrogens is 374 g/mol. The van der Waals surface area contributed by atoms with Crippen molar-refractivity contribution >= 4 is 29.2 Å². The van der Waals surface area contributed by atoms with Crippen LogP contribution in [0.5, 0.6) is 0 Å². The first-order valence-electron chi connectivity index (χ1n) is 9.01. The number of benzene rings is 2. The van der Waals surface area contributed by atoms with Crippen molar-refractivity contribution < 1.29 is 4.99 Å². The van der Waals surface area contributed by atoms with E-state index >= 15 is 0 Å². The van der Waals surface area contributed by atoms with Crippen LogP contribution in [0, 0.1) is 20.8 Å². The van der Waals surface area contributed by atoms with Crippen LogP contribution in [0.2, 0.25) is 5.02 Å². The van der Waals surface area contributed by atoms with Crippen LogP contribution in [0.3, 0.4) is 0 Å². The summed E-state index contributed by atoms with van der Waals surface area (Å²) in [5.74, 6) is 1.13. The van der Waals surface area contributed by atoms with E-state index in [1.165, 1.54) is 17.2 Å². The van der Waals surface area contributed by atoms with Gasteiger partial charge in [-0.05, 0) is 56.2 Å². The normalized spacial score (nSPS) is 15.4. The number of halogens is 1. The van der Waals surface area contributed by atoms with E-state index in [0.29, 0.717) is 22.6 Å². The third-order valence-electron chi connectivity index (χ3n) is 4.82. The molecule has 7 heteroatoms. The summed E-state index contributed by atoms with van der Waals surface area (Å²) in [4.78, 5) is 20.5. The van der Waals surface area contributed by atoms with E-state index in [-0.39, 0.29) is 5.56 Å². The molecule has 28 heavy (non-hydrogen) atoms. The molecule has 6 nitrogen and oxygen atoms in total. The van der Waals surface area contributed by atoms with E-state index in [0.717, 1.165) is 11.3 Å². The maximum atomic E-state index is 12.7. The van der Waals surface area contributed by atoms with E-state index in [9.17, 15) is 4.79 Å². The molecule has 0 aliphatic carbocycles. The second kappa shape index (κ2) is 7.13. The summed E-state index contributed by atoms with van der Waals surface area (Å²) in [6.45, 7) is 5.96. The molecule has 0 saturated carbocycles. The topological polar surface area (TPSA) is 72.9 Å². The van der Waals surface area contributed by atoms with Gasteiger partial charge in [0.25, 0.3) is 11.5 Å². The highest BCUT2D eigenvalue weighted by molar-refractivity contribution is 6.30. The van der Waals surface area contributed by atoms with Crippen LogP contribution in [0.4, 0.5) is 11.6 Å². The van der Waals surface area contributed by atoms with Crippen LogP contribution in [0.15, 0.2) is 53.3 Å². The highest BCUT2D eigenvalue weighted by Gasteiger charge is 2.29. The lowest BCUT2D eigenvalue weighted by atomic mass is 10.1. The smallest absolute Gasteiger partial charge is 0.269 e. The number of nitrogens with one attached hydrogen (secondary N) is 3. The van der Waals surface area contributed by atoms with Crippen molar-refractivity contribution in [2.24, 2.45) is 0 Å². The molecule has 0 radical (unpaired) electrons. The molecule has 1 unspecified atom stereocenters. The molecule has 142 valence electrons. The Balaban J connectivity index is 1.78. The van der Waals surface area contributed by atoms with Crippen molar-refractivity contribution in [3.05, 3.63) is 86.3 Å².